The zero-order valence-electron chi connectivity index (χ0n) is 13.6. The Balaban J connectivity index is 1.40. The van der Waals surface area contributed by atoms with Crippen LogP contribution in [0.3, 0.4) is 0 Å². The molecular formula is C19H23Cl2NO. The van der Waals surface area contributed by atoms with Gasteiger partial charge >= 0.3 is 0 Å². The lowest BCUT2D eigenvalue weighted by Gasteiger charge is -2.09. The van der Waals surface area contributed by atoms with E-state index in [1.54, 1.807) is 0 Å². The summed E-state index contributed by atoms with van der Waals surface area (Å²) in [6.45, 7) is 4.12. The fourth-order valence-corrected chi connectivity index (χ4v) is 5.70. The highest BCUT2D eigenvalue weighted by atomic mass is 35.5. The maximum absolute atomic E-state index is 12.7. The van der Waals surface area contributed by atoms with Crippen LogP contribution in [-0.4, -0.2) is 10.2 Å². The van der Waals surface area contributed by atoms with Crippen LogP contribution in [0.1, 0.15) is 36.8 Å². The van der Waals surface area contributed by atoms with Crippen molar-refractivity contribution in [2.45, 2.75) is 43.9 Å². The molecule has 0 aromatic heterocycles. The molecule has 0 saturated heterocycles. The number of alkyl halides is 2. The predicted octanol–water partition coefficient (Wildman–Crippen LogP) is 5.10. The Morgan fingerprint density at radius 2 is 1.70 bits per heavy atom. The quantitative estimate of drug-likeness (QED) is 0.738. The average Bonchev–Trinajstić information content (AvgIpc) is 3.26. The van der Waals surface area contributed by atoms with Crippen molar-refractivity contribution in [1.29, 1.82) is 0 Å². The molecule has 1 aromatic rings. The van der Waals surface area contributed by atoms with Gasteiger partial charge in [-0.15, -0.1) is 23.2 Å². The molecule has 4 heteroatoms. The second-order valence-corrected chi connectivity index (χ2v) is 9.15. The summed E-state index contributed by atoms with van der Waals surface area (Å²) in [4.78, 5) is 12.7. The van der Waals surface area contributed by atoms with E-state index < -0.39 is 4.33 Å². The van der Waals surface area contributed by atoms with Crippen molar-refractivity contribution in [3.05, 3.63) is 29.3 Å². The maximum atomic E-state index is 12.7. The van der Waals surface area contributed by atoms with Crippen molar-refractivity contribution in [2.24, 2.45) is 29.6 Å². The standard InChI is InChI=1S/C19H23Cl2NO/c1-10-3-8-16(11(2)9-10)22-18(23)17-12-4-6-14-15(19(14,20)21)7-5-13(12)17/h3,8-9,12-15,17H,4-7H2,1-2H3,(H,22,23). The van der Waals surface area contributed by atoms with Crippen LogP contribution in [0.5, 0.6) is 0 Å². The summed E-state index contributed by atoms with van der Waals surface area (Å²) < 4.78 is -0.479. The number of carbonyl (C=O) groups is 1. The van der Waals surface area contributed by atoms with E-state index in [4.69, 9.17) is 23.2 Å². The van der Waals surface area contributed by atoms with Gasteiger partial charge in [-0.3, -0.25) is 4.79 Å². The van der Waals surface area contributed by atoms with Gasteiger partial charge in [-0.05, 0) is 74.8 Å². The Hall–Kier alpha value is -0.730. The van der Waals surface area contributed by atoms with E-state index in [0.717, 1.165) is 36.9 Å². The Bertz CT molecular complexity index is 635. The van der Waals surface area contributed by atoms with Gasteiger partial charge in [0, 0.05) is 11.6 Å². The lowest BCUT2D eigenvalue weighted by Crippen LogP contribution is -2.16. The molecule has 0 radical (unpaired) electrons. The van der Waals surface area contributed by atoms with Crippen molar-refractivity contribution in [1.82, 2.24) is 0 Å². The largest absolute Gasteiger partial charge is 0.326 e. The van der Waals surface area contributed by atoms with Crippen molar-refractivity contribution >= 4 is 34.8 Å². The molecule has 0 spiro atoms. The Kier molecular flexibility index (Phi) is 3.70. The molecule has 23 heavy (non-hydrogen) atoms. The molecule has 0 bridgehead atoms. The molecule has 0 aliphatic heterocycles. The molecule has 0 heterocycles. The zero-order valence-corrected chi connectivity index (χ0v) is 15.1. The number of anilines is 1. The fourth-order valence-electron chi connectivity index (χ4n) is 4.78. The van der Waals surface area contributed by atoms with Crippen molar-refractivity contribution in [3.63, 3.8) is 0 Å². The van der Waals surface area contributed by atoms with Crippen LogP contribution in [0.15, 0.2) is 18.2 Å². The molecule has 124 valence electrons. The van der Waals surface area contributed by atoms with E-state index in [1.165, 1.54) is 5.56 Å². The molecule has 2 nitrogen and oxygen atoms in total. The normalized spacial score (nSPS) is 37.0. The van der Waals surface area contributed by atoms with Crippen molar-refractivity contribution in [2.75, 3.05) is 5.32 Å². The number of hydrogen-bond acceptors (Lipinski definition) is 1. The van der Waals surface area contributed by atoms with Crippen molar-refractivity contribution < 1.29 is 4.79 Å². The van der Waals surface area contributed by atoms with Crippen LogP contribution in [0.4, 0.5) is 5.69 Å². The van der Waals surface area contributed by atoms with Gasteiger partial charge in [-0.2, -0.15) is 0 Å². The van der Waals surface area contributed by atoms with Crippen LogP contribution in [0.2, 0.25) is 0 Å². The summed E-state index contributed by atoms with van der Waals surface area (Å²) in [6.07, 6.45) is 4.34. The minimum Gasteiger partial charge on any atom is -0.326 e. The number of amides is 1. The lowest BCUT2D eigenvalue weighted by molar-refractivity contribution is -0.117. The molecule has 3 fully saturated rings. The van der Waals surface area contributed by atoms with Gasteiger partial charge in [0.2, 0.25) is 5.91 Å². The first-order valence-electron chi connectivity index (χ1n) is 8.65. The molecule has 3 aliphatic rings. The molecule has 3 saturated carbocycles. The molecule has 4 rings (SSSR count). The number of hydrogen-bond donors (Lipinski definition) is 1. The van der Waals surface area contributed by atoms with Gasteiger partial charge < -0.3 is 5.32 Å². The third-order valence-corrected chi connectivity index (χ3v) is 7.38. The second kappa shape index (κ2) is 5.39. The van der Waals surface area contributed by atoms with Crippen LogP contribution in [-0.2, 0) is 4.79 Å². The van der Waals surface area contributed by atoms with E-state index >= 15 is 0 Å². The summed E-state index contributed by atoms with van der Waals surface area (Å²) in [6, 6.07) is 6.17. The summed E-state index contributed by atoms with van der Waals surface area (Å²) in [7, 11) is 0. The molecule has 1 amide bonds. The molecule has 1 aromatic carbocycles. The SMILES string of the molecule is Cc1ccc(NC(=O)C2C3CCC4C(CCC32)C4(Cl)Cl)c(C)c1. The number of fused-ring (bicyclic) bond motifs is 2. The summed E-state index contributed by atoms with van der Waals surface area (Å²) in [5, 5.41) is 3.14. The van der Waals surface area contributed by atoms with Crippen LogP contribution in [0, 0.1) is 43.4 Å². The second-order valence-electron chi connectivity index (χ2n) is 7.70. The monoisotopic (exact) mass is 351 g/mol. The minimum atomic E-state index is -0.479. The Morgan fingerprint density at radius 3 is 2.26 bits per heavy atom. The van der Waals surface area contributed by atoms with Crippen molar-refractivity contribution in [3.8, 4) is 0 Å². The number of nitrogens with one attached hydrogen (secondary N) is 1. The minimum absolute atomic E-state index is 0.188. The fraction of sp³-hybridized carbons (Fsp3) is 0.632. The lowest BCUT2D eigenvalue weighted by atomic mass is 10.0. The average molecular weight is 352 g/mol. The van der Waals surface area contributed by atoms with Gasteiger partial charge in [0.05, 0.1) is 0 Å². The summed E-state index contributed by atoms with van der Waals surface area (Å²) in [5.74, 6) is 2.36. The van der Waals surface area contributed by atoms with Gasteiger partial charge in [-0.25, -0.2) is 0 Å². The third-order valence-electron chi connectivity index (χ3n) is 6.26. The Morgan fingerprint density at radius 1 is 1.09 bits per heavy atom. The predicted molar refractivity (Wildman–Crippen MR) is 94.9 cm³/mol. The number of benzene rings is 1. The first-order valence-corrected chi connectivity index (χ1v) is 9.41. The molecule has 1 N–H and O–H groups in total. The number of halogens is 2. The van der Waals surface area contributed by atoms with Crippen LogP contribution >= 0.6 is 23.2 Å². The van der Waals surface area contributed by atoms with E-state index in [0.29, 0.717) is 23.7 Å². The summed E-state index contributed by atoms with van der Waals surface area (Å²) in [5.41, 5.74) is 3.30. The number of carbonyl (C=O) groups excluding carboxylic acids is 1. The van der Waals surface area contributed by atoms with Crippen LogP contribution < -0.4 is 5.32 Å². The molecular weight excluding hydrogens is 329 g/mol. The maximum Gasteiger partial charge on any atom is 0.228 e. The highest BCUT2D eigenvalue weighted by Gasteiger charge is 2.65. The summed E-state index contributed by atoms with van der Waals surface area (Å²) >= 11 is 12.7. The van der Waals surface area contributed by atoms with E-state index in [-0.39, 0.29) is 11.8 Å². The first-order chi connectivity index (χ1) is 10.9. The number of aryl methyl sites for hydroxylation is 2. The van der Waals surface area contributed by atoms with Gasteiger partial charge in [0.1, 0.15) is 4.33 Å². The van der Waals surface area contributed by atoms with Gasteiger partial charge in [0.15, 0.2) is 0 Å². The first kappa shape index (κ1) is 15.8. The molecule has 4 atom stereocenters. The van der Waals surface area contributed by atoms with E-state index in [2.05, 4.69) is 18.3 Å². The molecule has 3 aliphatic carbocycles. The third kappa shape index (κ3) is 2.68. The van der Waals surface area contributed by atoms with Crippen LogP contribution in [0.25, 0.3) is 0 Å². The topological polar surface area (TPSA) is 29.1 Å². The highest BCUT2D eigenvalue weighted by Crippen LogP contribution is 2.67. The smallest absolute Gasteiger partial charge is 0.228 e. The van der Waals surface area contributed by atoms with E-state index in [1.807, 2.05) is 19.1 Å². The Labute approximate surface area is 147 Å². The molecule has 4 unspecified atom stereocenters. The highest BCUT2D eigenvalue weighted by molar-refractivity contribution is 6.51. The van der Waals surface area contributed by atoms with Gasteiger partial charge in [-0.1, -0.05) is 17.7 Å². The zero-order chi connectivity index (χ0) is 16.4. The van der Waals surface area contributed by atoms with E-state index in [9.17, 15) is 4.79 Å². The number of rotatable bonds is 2. The van der Waals surface area contributed by atoms with Gasteiger partial charge in [0.25, 0.3) is 0 Å².